The summed E-state index contributed by atoms with van der Waals surface area (Å²) in [6.07, 6.45) is 1.51. The first-order valence-corrected chi connectivity index (χ1v) is 7.46. The number of aliphatic hydroxyl groups is 1. The summed E-state index contributed by atoms with van der Waals surface area (Å²) in [4.78, 5) is 14.3. The van der Waals surface area contributed by atoms with Crippen molar-refractivity contribution in [2.24, 2.45) is 5.92 Å². The minimum atomic E-state index is 0.0404. The molecule has 3 nitrogen and oxygen atoms in total. The minimum Gasteiger partial charge on any atom is -0.395 e. The molecule has 114 valence electrons. The number of hydrogen-bond donors (Lipinski definition) is 1. The van der Waals surface area contributed by atoms with Crippen LogP contribution in [0.25, 0.3) is 0 Å². The molecule has 0 aliphatic carbocycles. The van der Waals surface area contributed by atoms with Crippen LogP contribution in [-0.2, 0) is 0 Å². The fourth-order valence-electron chi connectivity index (χ4n) is 2.10. The molecule has 1 rings (SSSR count). The van der Waals surface area contributed by atoms with E-state index >= 15 is 0 Å². The lowest BCUT2D eigenvalue weighted by Gasteiger charge is -2.22. The van der Waals surface area contributed by atoms with Gasteiger partial charge in [-0.3, -0.25) is 4.79 Å². The third kappa shape index (κ3) is 4.91. The number of carbonyl (C=O) groups is 1. The lowest BCUT2D eigenvalue weighted by molar-refractivity contribution is 0.0774. The Morgan fingerprint density at radius 2 is 2.14 bits per heavy atom. The number of hydrogen-bond acceptors (Lipinski definition) is 2. The number of benzene rings is 1. The first-order valence-electron chi connectivity index (χ1n) is 7.46. The molecule has 0 saturated carbocycles. The average Bonchev–Trinajstić information content (AvgIpc) is 2.48. The molecule has 3 heteroatoms. The monoisotopic (exact) mass is 287 g/mol. The normalized spacial score (nSPS) is 11.5. The summed E-state index contributed by atoms with van der Waals surface area (Å²) in [7, 11) is 1.85. The molecule has 0 fully saturated rings. The van der Waals surface area contributed by atoms with Gasteiger partial charge in [0.25, 0.3) is 5.91 Å². The van der Waals surface area contributed by atoms with Gasteiger partial charge in [0.15, 0.2) is 0 Å². The van der Waals surface area contributed by atoms with Crippen LogP contribution in [-0.4, -0.2) is 36.1 Å². The molecule has 1 aromatic carbocycles. The van der Waals surface area contributed by atoms with E-state index in [9.17, 15) is 4.79 Å². The Hall–Kier alpha value is -1.79. The first kappa shape index (κ1) is 17.3. The Bertz CT molecular complexity index is 540. The molecule has 0 bridgehead atoms. The fourth-order valence-corrected chi connectivity index (χ4v) is 2.10. The highest BCUT2D eigenvalue weighted by Gasteiger charge is 2.16. The van der Waals surface area contributed by atoms with Gasteiger partial charge in [-0.2, -0.15) is 0 Å². The molecule has 1 atom stereocenters. The summed E-state index contributed by atoms with van der Waals surface area (Å²) in [5, 5.41) is 8.77. The van der Waals surface area contributed by atoms with Gasteiger partial charge in [0.2, 0.25) is 0 Å². The molecular weight excluding hydrogens is 262 g/mol. The molecule has 0 radical (unpaired) electrons. The van der Waals surface area contributed by atoms with Gasteiger partial charge in [0.1, 0.15) is 0 Å². The van der Waals surface area contributed by atoms with Gasteiger partial charge >= 0.3 is 0 Å². The minimum absolute atomic E-state index is 0.0404. The zero-order valence-corrected chi connectivity index (χ0v) is 13.4. The van der Waals surface area contributed by atoms with Crippen molar-refractivity contribution in [3.63, 3.8) is 0 Å². The zero-order valence-electron chi connectivity index (χ0n) is 13.4. The van der Waals surface area contributed by atoms with Crippen molar-refractivity contribution in [2.45, 2.75) is 33.6 Å². The quantitative estimate of drug-likeness (QED) is 0.846. The number of carbonyl (C=O) groups excluding carboxylic acids is 1. The highest BCUT2D eigenvalue weighted by Crippen LogP contribution is 2.16. The summed E-state index contributed by atoms with van der Waals surface area (Å²) in [5.74, 6) is 6.46. The molecule has 1 unspecified atom stereocenters. The Labute approximate surface area is 128 Å². The van der Waals surface area contributed by atoms with E-state index in [0.717, 1.165) is 24.1 Å². The molecule has 1 amide bonds. The van der Waals surface area contributed by atoms with Crippen LogP contribution >= 0.6 is 0 Å². The highest BCUT2D eigenvalue weighted by molar-refractivity contribution is 5.96. The van der Waals surface area contributed by atoms with Crippen molar-refractivity contribution < 1.29 is 9.90 Å². The summed E-state index contributed by atoms with van der Waals surface area (Å²) in [6, 6.07) is 5.62. The van der Waals surface area contributed by atoms with E-state index in [-0.39, 0.29) is 12.5 Å². The van der Waals surface area contributed by atoms with Crippen LogP contribution in [0.15, 0.2) is 18.2 Å². The molecule has 0 aromatic heterocycles. The van der Waals surface area contributed by atoms with E-state index in [4.69, 9.17) is 5.11 Å². The number of rotatable bonds is 5. The standard InChI is InChI=1S/C18H25NO2/c1-5-14(2)13-19(4)18(21)17-11-8-10-16(15(17)3)9-6-7-12-20/h8,10-11,14,20H,5,7,12-13H2,1-4H3. The number of aliphatic hydroxyl groups excluding tert-OH is 1. The van der Waals surface area contributed by atoms with Crippen molar-refractivity contribution in [3.8, 4) is 11.8 Å². The van der Waals surface area contributed by atoms with E-state index in [1.165, 1.54) is 0 Å². The molecule has 0 heterocycles. The van der Waals surface area contributed by atoms with Gasteiger partial charge in [-0.15, -0.1) is 0 Å². The molecule has 21 heavy (non-hydrogen) atoms. The smallest absolute Gasteiger partial charge is 0.253 e. The lowest BCUT2D eigenvalue weighted by Crippen LogP contribution is -2.31. The van der Waals surface area contributed by atoms with Crippen LogP contribution in [0.4, 0.5) is 0 Å². The first-order chi connectivity index (χ1) is 10.0. The van der Waals surface area contributed by atoms with Crippen LogP contribution in [0.5, 0.6) is 0 Å². The van der Waals surface area contributed by atoms with E-state index < -0.39 is 0 Å². The van der Waals surface area contributed by atoms with E-state index in [1.54, 1.807) is 4.90 Å². The Morgan fingerprint density at radius 1 is 1.43 bits per heavy atom. The topological polar surface area (TPSA) is 40.5 Å². The maximum absolute atomic E-state index is 12.5. The molecule has 0 saturated heterocycles. The van der Waals surface area contributed by atoms with Crippen molar-refractivity contribution in [1.82, 2.24) is 4.90 Å². The van der Waals surface area contributed by atoms with Gasteiger partial charge in [-0.25, -0.2) is 0 Å². The van der Waals surface area contributed by atoms with E-state index in [0.29, 0.717) is 17.9 Å². The van der Waals surface area contributed by atoms with Crippen LogP contribution in [0, 0.1) is 24.7 Å². The molecule has 0 aliphatic heterocycles. The molecule has 1 aromatic rings. The second kappa shape index (κ2) is 8.49. The summed E-state index contributed by atoms with van der Waals surface area (Å²) >= 11 is 0. The van der Waals surface area contributed by atoms with E-state index in [1.807, 2.05) is 32.2 Å². The molecule has 0 aliphatic rings. The SMILES string of the molecule is CCC(C)CN(C)C(=O)c1cccc(C#CCCO)c1C. The summed E-state index contributed by atoms with van der Waals surface area (Å²) in [5.41, 5.74) is 2.46. The van der Waals surface area contributed by atoms with Gasteiger partial charge in [0, 0.05) is 31.1 Å². The predicted octanol–water partition coefficient (Wildman–Crippen LogP) is 2.85. The van der Waals surface area contributed by atoms with Crippen molar-refractivity contribution >= 4 is 5.91 Å². The van der Waals surface area contributed by atoms with Crippen LogP contribution < -0.4 is 0 Å². The van der Waals surface area contributed by atoms with Crippen LogP contribution in [0.2, 0.25) is 0 Å². The Balaban J connectivity index is 2.96. The Morgan fingerprint density at radius 3 is 2.76 bits per heavy atom. The fraction of sp³-hybridized carbons (Fsp3) is 0.500. The molecular formula is C18H25NO2. The van der Waals surface area contributed by atoms with Crippen molar-refractivity contribution in [3.05, 3.63) is 34.9 Å². The number of nitrogens with zero attached hydrogens (tertiary/aromatic N) is 1. The second-order valence-corrected chi connectivity index (χ2v) is 5.45. The van der Waals surface area contributed by atoms with Crippen molar-refractivity contribution in [1.29, 1.82) is 0 Å². The van der Waals surface area contributed by atoms with Gasteiger partial charge in [-0.1, -0.05) is 38.2 Å². The number of amides is 1. The summed E-state index contributed by atoms with van der Waals surface area (Å²) in [6.45, 7) is 7.02. The summed E-state index contributed by atoms with van der Waals surface area (Å²) < 4.78 is 0. The van der Waals surface area contributed by atoms with Gasteiger partial charge < -0.3 is 10.0 Å². The van der Waals surface area contributed by atoms with Crippen LogP contribution in [0.1, 0.15) is 48.2 Å². The van der Waals surface area contributed by atoms with Crippen LogP contribution in [0.3, 0.4) is 0 Å². The second-order valence-electron chi connectivity index (χ2n) is 5.45. The zero-order chi connectivity index (χ0) is 15.8. The third-order valence-electron chi connectivity index (χ3n) is 3.65. The Kier molecular flexibility index (Phi) is 6.98. The average molecular weight is 287 g/mol. The highest BCUT2D eigenvalue weighted by atomic mass is 16.2. The molecule has 0 spiro atoms. The third-order valence-corrected chi connectivity index (χ3v) is 3.65. The largest absolute Gasteiger partial charge is 0.395 e. The van der Waals surface area contributed by atoms with Gasteiger partial charge in [-0.05, 0) is 30.5 Å². The predicted molar refractivity (Wildman–Crippen MR) is 86.2 cm³/mol. The van der Waals surface area contributed by atoms with Gasteiger partial charge in [0.05, 0.1) is 6.61 Å². The lowest BCUT2D eigenvalue weighted by atomic mass is 10.0. The van der Waals surface area contributed by atoms with Crippen molar-refractivity contribution in [2.75, 3.05) is 20.2 Å². The van der Waals surface area contributed by atoms with E-state index in [2.05, 4.69) is 25.7 Å². The molecule has 1 N–H and O–H groups in total. The maximum atomic E-state index is 12.5. The maximum Gasteiger partial charge on any atom is 0.253 e.